The first-order valence-electron chi connectivity index (χ1n) is 14.2. The van der Waals surface area contributed by atoms with Crippen molar-refractivity contribution in [3.8, 4) is 5.69 Å². The Kier molecular flexibility index (Phi) is 6.86. The number of carbonyl (C=O) groups is 1. The second-order valence-electron chi connectivity index (χ2n) is 11.0. The van der Waals surface area contributed by atoms with Gasteiger partial charge in [-0.25, -0.2) is 9.67 Å². The molecule has 1 fully saturated rings. The second-order valence-corrected chi connectivity index (χ2v) is 12.6. The van der Waals surface area contributed by atoms with Gasteiger partial charge in [0, 0.05) is 26.3 Å². The molecule has 5 aromatic rings. The Morgan fingerprint density at radius 1 is 0.909 bits per heavy atom. The van der Waals surface area contributed by atoms with E-state index >= 15 is 0 Å². The minimum absolute atomic E-state index is 0.194. The molecule has 1 amide bonds. The summed E-state index contributed by atoms with van der Waals surface area (Å²) in [5, 5.41) is 0. The molecule has 0 spiro atoms. The van der Waals surface area contributed by atoms with Crippen LogP contribution in [-0.2, 0) is 24.8 Å². The number of amides is 1. The van der Waals surface area contributed by atoms with Gasteiger partial charge >= 0.3 is 0 Å². The topological polar surface area (TPSA) is 84.8 Å². The first-order valence-corrected chi connectivity index (χ1v) is 15.4. The molecule has 44 heavy (non-hydrogen) atoms. The summed E-state index contributed by atoms with van der Waals surface area (Å²) in [5.41, 5.74) is 5.02. The summed E-state index contributed by atoms with van der Waals surface area (Å²) in [4.78, 5) is 50.4. The van der Waals surface area contributed by atoms with Crippen molar-refractivity contribution in [1.82, 2.24) is 18.7 Å². The third-order valence-corrected chi connectivity index (χ3v) is 9.53. The van der Waals surface area contributed by atoms with Gasteiger partial charge in [-0.15, -0.1) is 0 Å². The van der Waals surface area contributed by atoms with E-state index in [0.29, 0.717) is 41.5 Å². The molecule has 0 aliphatic carbocycles. The van der Waals surface area contributed by atoms with Crippen LogP contribution in [0, 0.1) is 13.8 Å². The maximum atomic E-state index is 14.1. The van der Waals surface area contributed by atoms with Crippen LogP contribution in [-0.4, -0.2) is 35.5 Å². The van der Waals surface area contributed by atoms with E-state index in [0.717, 1.165) is 23.7 Å². The lowest BCUT2D eigenvalue weighted by Crippen LogP contribution is -2.34. The summed E-state index contributed by atoms with van der Waals surface area (Å²) in [7, 11) is 1.77. The van der Waals surface area contributed by atoms with Crippen LogP contribution in [0.3, 0.4) is 0 Å². The molecule has 1 saturated heterocycles. The number of thiocarbonyl (C=S) groups is 1. The average Bonchev–Trinajstić information content (AvgIpc) is 3.42. The highest BCUT2D eigenvalue weighted by Gasteiger charge is 2.38. The molecule has 2 aromatic carbocycles. The lowest BCUT2D eigenvalue weighted by molar-refractivity contribution is -0.113. The van der Waals surface area contributed by atoms with Crippen molar-refractivity contribution in [2.24, 2.45) is 7.05 Å². The van der Waals surface area contributed by atoms with Crippen LogP contribution in [0.25, 0.3) is 17.4 Å². The Hall–Kier alpha value is -4.74. The Labute approximate surface area is 262 Å². The molecular formula is C33H28N6O3S2. The zero-order valence-electron chi connectivity index (χ0n) is 24.4. The molecule has 3 aromatic heterocycles. The molecule has 7 rings (SSSR count). The van der Waals surface area contributed by atoms with E-state index < -0.39 is 5.91 Å². The van der Waals surface area contributed by atoms with Crippen molar-refractivity contribution in [3.63, 3.8) is 0 Å². The number of anilines is 2. The fourth-order valence-corrected chi connectivity index (χ4v) is 7.15. The maximum absolute atomic E-state index is 14.1. The van der Waals surface area contributed by atoms with E-state index in [1.165, 1.54) is 25.1 Å². The van der Waals surface area contributed by atoms with Crippen molar-refractivity contribution in [2.75, 3.05) is 16.3 Å². The Bertz CT molecular complexity index is 2160. The van der Waals surface area contributed by atoms with Gasteiger partial charge in [0.2, 0.25) is 0 Å². The number of hydrogen-bond donors (Lipinski definition) is 0. The summed E-state index contributed by atoms with van der Waals surface area (Å²) < 4.78 is 4.97. The SMILES string of the molecule is Cc1ccc2nc(N3CCc4ccccc4C3)c(/C=C3/SC(=S)N(c4c(C)n(C)n(-c5ccccc5)c4=O)C3=O)c(=O)n2c1. The standard InChI is InChI=1S/C33H28N6O3S2/c1-20-13-14-27-34-29(36-16-15-22-9-7-8-10-23(22)19-36)25(30(40)37(27)18-20)17-26-31(41)38(33(43)44-26)28-21(2)35(3)39(32(28)42)24-11-5-4-6-12-24/h4-14,17-18H,15-16,19H2,1-3H3/b26-17+. The van der Waals surface area contributed by atoms with Crippen molar-refractivity contribution >= 4 is 57.4 Å². The molecular weight excluding hydrogens is 593 g/mol. The van der Waals surface area contributed by atoms with Gasteiger partial charge in [-0.1, -0.05) is 72.5 Å². The van der Waals surface area contributed by atoms with E-state index in [1.54, 1.807) is 30.9 Å². The van der Waals surface area contributed by atoms with Crippen LogP contribution in [0.4, 0.5) is 11.5 Å². The van der Waals surface area contributed by atoms with Crippen LogP contribution < -0.4 is 20.9 Å². The largest absolute Gasteiger partial charge is 0.351 e. The number of rotatable bonds is 4. The van der Waals surface area contributed by atoms with E-state index in [-0.39, 0.29) is 26.0 Å². The number of carbonyl (C=O) groups excluding carboxylic acids is 1. The molecule has 0 radical (unpaired) electrons. The van der Waals surface area contributed by atoms with E-state index in [4.69, 9.17) is 17.2 Å². The lowest BCUT2D eigenvalue weighted by Gasteiger charge is -2.30. The van der Waals surface area contributed by atoms with E-state index in [1.807, 2.05) is 61.5 Å². The molecule has 0 atom stereocenters. The van der Waals surface area contributed by atoms with Crippen LogP contribution in [0.1, 0.15) is 27.9 Å². The summed E-state index contributed by atoms with van der Waals surface area (Å²) >= 11 is 6.75. The number of fused-ring (bicyclic) bond motifs is 2. The fraction of sp³-hybridized carbons (Fsp3) is 0.182. The van der Waals surface area contributed by atoms with Crippen LogP contribution in [0.5, 0.6) is 0 Å². The Balaban J connectivity index is 1.35. The molecule has 5 heterocycles. The molecule has 0 bridgehead atoms. The highest BCUT2D eigenvalue weighted by Crippen LogP contribution is 2.37. The minimum atomic E-state index is -0.449. The normalized spacial score (nSPS) is 15.9. The van der Waals surface area contributed by atoms with Gasteiger partial charge in [0.15, 0.2) is 4.32 Å². The summed E-state index contributed by atoms with van der Waals surface area (Å²) in [6, 6.07) is 21.3. The predicted molar refractivity (Wildman–Crippen MR) is 179 cm³/mol. The highest BCUT2D eigenvalue weighted by atomic mass is 32.2. The lowest BCUT2D eigenvalue weighted by atomic mass is 9.99. The number of benzene rings is 2. The van der Waals surface area contributed by atoms with Gasteiger partial charge in [-0.2, -0.15) is 0 Å². The van der Waals surface area contributed by atoms with Crippen molar-refractivity contribution in [1.29, 1.82) is 0 Å². The first-order chi connectivity index (χ1) is 21.2. The molecule has 0 N–H and O–H groups in total. The second kappa shape index (κ2) is 10.8. The zero-order chi connectivity index (χ0) is 30.7. The van der Waals surface area contributed by atoms with E-state index in [2.05, 4.69) is 17.0 Å². The highest BCUT2D eigenvalue weighted by molar-refractivity contribution is 8.27. The fourth-order valence-electron chi connectivity index (χ4n) is 5.89. The van der Waals surface area contributed by atoms with Gasteiger partial charge in [-0.3, -0.25) is 28.4 Å². The van der Waals surface area contributed by atoms with Crippen LogP contribution in [0.15, 0.2) is 87.4 Å². The number of nitrogens with zero attached hydrogens (tertiary/aromatic N) is 6. The quantitative estimate of drug-likeness (QED) is 0.212. The number of thioether (sulfide) groups is 1. The number of aromatic nitrogens is 4. The number of pyridine rings is 1. The molecule has 9 nitrogen and oxygen atoms in total. The molecule has 2 aliphatic heterocycles. The third kappa shape index (κ3) is 4.51. The van der Waals surface area contributed by atoms with Crippen molar-refractivity contribution in [2.45, 2.75) is 26.8 Å². The minimum Gasteiger partial charge on any atom is -0.351 e. The third-order valence-electron chi connectivity index (χ3n) is 8.23. The van der Waals surface area contributed by atoms with Gasteiger partial charge < -0.3 is 4.90 Å². The summed E-state index contributed by atoms with van der Waals surface area (Å²) in [5.74, 6) is 0.0654. The number of para-hydroxylation sites is 1. The molecule has 0 saturated carbocycles. The molecule has 11 heteroatoms. The van der Waals surface area contributed by atoms with Crippen molar-refractivity contribution in [3.05, 3.63) is 126 Å². The summed E-state index contributed by atoms with van der Waals surface area (Å²) in [6.45, 7) is 4.97. The first kappa shape index (κ1) is 28.1. The molecule has 220 valence electrons. The Morgan fingerprint density at radius 3 is 2.41 bits per heavy atom. The zero-order valence-corrected chi connectivity index (χ0v) is 26.0. The van der Waals surface area contributed by atoms with Crippen LogP contribution in [0.2, 0.25) is 0 Å². The average molecular weight is 621 g/mol. The maximum Gasteiger partial charge on any atom is 0.296 e. The number of aryl methyl sites for hydroxylation is 1. The van der Waals surface area contributed by atoms with Crippen molar-refractivity contribution < 1.29 is 4.79 Å². The molecule has 2 aliphatic rings. The Morgan fingerprint density at radius 2 is 1.64 bits per heavy atom. The molecule has 0 unspecified atom stereocenters. The van der Waals surface area contributed by atoms with Gasteiger partial charge in [0.25, 0.3) is 17.0 Å². The van der Waals surface area contributed by atoms with E-state index in [9.17, 15) is 14.4 Å². The predicted octanol–water partition coefficient (Wildman–Crippen LogP) is 4.77. The number of hydrogen-bond acceptors (Lipinski definition) is 7. The van der Waals surface area contributed by atoms with Gasteiger partial charge in [0.05, 0.1) is 21.8 Å². The monoisotopic (exact) mass is 620 g/mol. The van der Waals surface area contributed by atoms with Crippen LogP contribution >= 0.6 is 24.0 Å². The van der Waals surface area contributed by atoms with Gasteiger partial charge in [-0.05, 0) is 61.2 Å². The van der Waals surface area contributed by atoms with Gasteiger partial charge in [0.1, 0.15) is 17.2 Å². The summed E-state index contributed by atoms with van der Waals surface area (Å²) in [6.07, 6.45) is 4.16. The smallest absolute Gasteiger partial charge is 0.296 e.